The Balaban J connectivity index is 1.81. The Morgan fingerprint density at radius 2 is 1.96 bits per heavy atom. The number of carbonyl (C=O) groups excluding carboxylic acids is 1. The third-order valence-corrected chi connectivity index (χ3v) is 4.01. The predicted molar refractivity (Wildman–Crippen MR) is 96.2 cm³/mol. The van der Waals surface area contributed by atoms with Gasteiger partial charge in [-0.25, -0.2) is 0 Å². The van der Waals surface area contributed by atoms with Gasteiger partial charge in [0.1, 0.15) is 18.1 Å². The number of amides is 1. The molecule has 1 amide bonds. The van der Waals surface area contributed by atoms with Gasteiger partial charge in [0, 0.05) is 10.7 Å². The summed E-state index contributed by atoms with van der Waals surface area (Å²) in [5.74, 6) is 0.826. The first-order chi connectivity index (χ1) is 12.0. The standard InChI is InChI=1S/C19H17ClN2O3/c1-12-17(13(2)25-22-12)11-24-18-10-14(20)8-9-16(18)19(23)21-15-6-4-3-5-7-15/h3-10H,11H2,1-2H3,(H,21,23). The van der Waals surface area contributed by atoms with Crippen molar-refractivity contribution < 1.29 is 14.1 Å². The first-order valence-corrected chi connectivity index (χ1v) is 8.13. The lowest BCUT2D eigenvalue weighted by Crippen LogP contribution is -2.13. The van der Waals surface area contributed by atoms with Crippen molar-refractivity contribution in [2.45, 2.75) is 20.5 Å². The normalized spacial score (nSPS) is 10.5. The molecule has 0 atom stereocenters. The maximum atomic E-state index is 12.6. The van der Waals surface area contributed by atoms with Gasteiger partial charge >= 0.3 is 0 Å². The SMILES string of the molecule is Cc1noc(C)c1COc1cc(Cl)ccc1C(=O)Nc1ccccc1. The van der Waals surface area contributed by atoms with E-state index in [2.05, 4.69) is 10.5 Å². The van der Waals surface area contributed by atoms with Crippen LogP contribution in [0.1, 0.15) is 27.4 Å². The van der Waals surface area contributed by atoms with E-state index in [1.807, 2.05) is 44.2 Å². The molecule has 3 aromatic rings. The van der Waals surface area contributed by atoms with Gasteiger partial charge in [0.25, 0.3) is 5.91 Å². The van der Waals surface area contributed by atoms with Crippen LogP contribution in [-0.4, -0.2) is 11.1 Å². The van der Waals surface area contributed by atoms with Gasteiger partial charge in [0.05, 0.1) is 16.8 Å². The van der Waals surface area contributed by atoms with E-state index in [9.17, 15) is 4.79 Å². The minimum Gasteiger partial charge on any atom is -0.488 e. The highest BCUT2D eigenvalue weighted by atomic mass is 35.5. The second-order valence-corrected chi connectivity index (χ2v) is 5.99. The highest BCUT2D eigenvalue weighted by molar-refractivity contribution is 6.31. The molecule has 6 heteroatoms. The van der Waals surface area contributed by atoms with Crippen molar-refractivity contribution in [1.29, 1.82) is 0 Å². The quantitative estimate of drug-likeness (QED) is 0.714. The van der Waals surface area contributed by atoms with Crippen molar-refractivity contribution in [3.05, 3.63) is 76.1 Å². The van der Waals surface area contributed by atoms with E-state index < -0.39 is 0 Å². The van der Waals surface area contributed by atoms with Gasteiger partial charge in [-0.3, -0.25) is 4.79 Å². The lowest BCUT2D eigenvalue weighted by molar-refractivity contribution is 0.102. The second-order valence-electron chi connectivity index (χ2n) is 5.55. The van der Waals surface area contributed by atoms with Gasteiger partial charge in [0.15, 0.2) is 0 Å². The molecule has 0 unspecified atom stereocenters. The summed E-state index contributed by atoms with van der Waals surface area (Å²) in [7, 11) is 0. The average Bonchev–Trinajstić information content (AvgIpc) is 2.92. The Hall–Kier alpha value is -2.79. The van der Waals surface area contributed by atoms with Crippen molar-refractivity contribution in [2.75, 3.05) is 5.32 Å². The Morgan fingerprint density at radius 1 is 1.20 bits per heavy atom. The average molecular weight is 357 g/mol. The number of para-hydroxylation sites is 1. The zero-order valence-corrected chi connectivity index (χ0v) is 14.6. The fraction of sp³-hybridized carbons (Fsp3) is 0.158. The van der Waals surface area contributed by atoms with E-state index >= 15 is 0 Å². The van der Waals surface area contributed by atoms with Crippen molar-refractivity contribution >= 4 is 23.2 Å². The highest BCUT2D eigenvalue weighted by Gasteiger charge is 2.16. The van der Waals surface area contributed by atoms with Crippen LogP contribution in [0, 0.1) is 13.8 Å². The molecule has 0 radical (unpaired) electrons. The molecule has 25 heavy (non-hydrogen) atoms. The number of halogens is 1. The first-order valence-electron chi connectivity index (χ1n) is 7.75. The fourth-order valence-corrected chi connectivity index (χ4v) is 2.54. The minimum absolute atomic E-state index is 0.243. The number of ether oxygens (including phenoxy) is 1. The van der Waals surface area contributed by atoms with Crippen LogP contribution in [0.2, 0.25) is 5.02 Å². The molecular weight excluding hydrogens is 340 g/mol. The van der Waals surface area contributed by atoms with E-state index in [0.717, 1.165) is 11.3 Å². The number of anilines is 1. The largest absolute Gasteiger partial charge is 0.488 e. The molecule has 1 heterocycles. The van der Waals surface area contributed by atoms with Crippen LogP contribution in [0.5, 0.6) is 5.75 Å². The van der Waals surface area contributed by atoms with Crippen molar-refractivity contribution in [3.63, 3.8) is 0 Å². The number of nitrogens with one attached hydrogen (secondary N) is 1. The number of rotatable bonds is 5. The van der Waals surface area contributed by atoms with Crippen LogP contribution in [-0.2, 0) is 6.61 Å². The Labute approximate surface area is 150 Å². The molecule has 1 aromatic heterocycles. The van der Waals surface area contributed by atoms with Gasteiger partial charge < -0.3 is 14.6 Å². The number of carbonyl (C=O) groups is 1. The summed E-state index contributed by atoms with van der Waals surface area (Å²) in [4.78, 5) is 12.6. The van der Waals surface area contributed by atoms with Gasteiger partial charge in [-0.05, 0) is 44.2 Å². The van der Waals surface area contributed by atoms with Crippen LogP contribution < -0.4 is 10.1 Å². The molecule has 0 saturated heterocycles. The molecule has 3 rings (SSSR count). The van der Waals surface area contributed by atoms with E-state index in [0.29, 0.717) is 27.8 Å². The molecule has 5 nitrogen and oxygen atoms in total. The third kappa shape index (κ3) is 4.00. The monoisotopic (exact) mass is 356 g/mol. The van der Waals surface area contributed by atoms with Crippen LogP contribution in [0.3, 0.4) is 0 Å². The van der Waals surface area contributed by atoms with Gasteiger partial charge in [-0.2, -0.15) is 0 Å². The van der Waals surface area contributed by atoms with Crippen LogP contribution in [0.4, 0.5) is 5.69 Å². The second kappa shape index (κ2) is 7.40. The summed E-state index contributed by atoms with van der Waals surface area (Å²) in [6.07, 6.45) is 0. The first kappa shape index (κ1) is 17.0. The molecule has 0 fully saturated rings. The maximum Gasteiger partial charge on any atom is 0.259 e. The molecule has 0 aliphatic carbocycles. The Kier molecular flexibility index (Phi) is 5.05. The summed E-state index contributed by atoms with van der Waals surface area (Å²) in [6, 6.07) is 14.2. The molecule has 0 aliphatic rings. The van der Waals surface area contributed by atoms with E-state index in [4.69, 9.17) is 20.9 Å². The molecule has 1 N–H and O–H groups in total. The molecule has 0 bridgehead atoms. The van der Waals surface area contributed by atoms with Gasteiger partial charge in [-0.1, -0.05) is 35.0 Å². The number of benzene rings is 2. The zero-order chi connectivity index (χ0) is 17.8. The van der Waals surface area contributed by atoms with Crippen molar-refractivity contribution in [3.8, 4) is 5.75 Å². The smallest absolute Gasteiger partial charge is 0.259 e. The number of aromatic nitrogens is 1. The molecule has 2 aromatic carbocycles. The molecule has 0 saturated carbocycles. The van der Waals surface area contributed by atoms with Gasteiger partial charge in [0.2, 0.25) is 0 Å². The van der Waals surface area contributed by atoms with Crippen molar-refractivity contribution in [2.24, 2.45) is 0 Å². The molecule has 128 valence electrons. The number of hydrogen-bond donors (Lipinski definition) is 1. The number of nitrogens with zero attached hydrogens (tertiary/aromatic N) is 1. The van der Waals surface area contributed by atoms with Crippen LogP contribution in [0.25, 0.3) is 0 Å². The number of aryl methyl sites for hydroxylation is 2. The zero-order valence-electron chi connectivity index (χ0n) is 13.9. The molecular formula is C19H17ClN2O3. The topological polar surface area (TPSA) is 64.4 Å². The highest BCUT2D eigenvalue weighted by Crippen LogP contribution is 2.26. The Morgan fingerprint density at radius 3 is 2.64 bits per heavy atom. The fourth-order valence-electron chi connectivity index (χ4n) is 2.38. The van der Waals surface area contributed by atoms with E-state index in [-0.39, 0.29) is 12.5 Å². The summed E-state index contributed by atoms with van der Waals surface area (Å²) >= 11 is 6.06. The lowest BCUT2D eigenvalue weighted by atomic mass is 10.1. The minimum atomic E-state index is -0.267. The van der Waals surface area contributed by atoms with Crippen LogP contribution in [0.15, 0.2) is 53.1 Å². The Bertz CT molecular complexity index is 871. The van der Waals surface area contributed by atoms with E-state index in [1.54, 1.807) is 18.2 Å². The molecule has 0 spiro atoms. The summed E-state index contributed by atoms with van der Waals surface area (Å²) in [6.45, 7) is 3.91. The predicted octanol–water partition coefficient (Wildman–Crippen LogP) is 4.78. The van der Waals surface area contributed by atoms with Gasteiger partial charge in [-0.15, -0.1) is 0 Å². The summed E-state index contributed by atoms with van der Waals surface area (Å²) in [5.41, 5.74) is 2.73. The van der Waals surface area contributed by atoms with E-state index in [1.165, 1.54) is 0 Å². The van der Waals surface area contributed by atoms with Crippen LogP contribution >= 0.6 is 11.6 Å². The third-order valence-electron chi connectivity index (χ3n) is 3.77. The lowest BCUT2D eigenvalue weighted by Gasteiger charge is -2.12. The summed E-state index contributed by atoms with van der Waals surface area (Å²) < 4.78 is 11.0. The maximum absolute atomic E-state index is 12.6. The van der Waals surface area contributed by atoms with Crippen molar-refractivity contribution in [1.82, 2.24) is 5.16 Å². The number of hydrogen-bond acceptors (Lipinski definition) is 4. The summed E-state index contributed by atoms with van der Waals surface area (Å²) in [5, 5.41) is 7.23. The molecule has 0 aliphatic heterocycles.